The number of β-amino-alcohol motifs (C(OH)–C–C–N with tert-alkyl or cyclic N) is 1. The van der Waals surface area contributed by atoms with E-state index in [0.29, 0.717) is 5.71 Å². The van der Waals surface area contributed by atoms with E-state index in [9.17, 15) is 54.0 Å². The van der Waals surface area contributed by atoms with E-state index < -0.39 is 101 Å². The number of nitrogen functional groups attached to an aromatic ring is 1. The van der Waals surface area contributed by atoms with Crippen molar-refractivity contribution in [1.82, 2.24) is 29.5 Å². The van der Waals surface area contributed by atoms with E-state index in [0.717, 1.165) is 17.5 Å². The summed E-state index contributed by atoms with van der Waals surface area (Å²) in [4.78, 5) is 67.5. The van der Waals surface area contributed by atoms with Crippen molar-refractivity contribution in [3.05, 3.63) is 56.8 Å². The second-order valence-corrected chi connectivity index (χ2v) is 16.9. The van der Waals surface area contributed by atoms with Crippen LogP contribution in [0.25, 0.3) is 11.2 Å². The van der Waals surface area contributed by atoms with Gasteiger partial charge in [0.25, 0.3) is 5.56 Å². The van der Waals surface area contributed by atoms with Gasteiger partial charge >= 0.3 is 20.9 Å². The summed E-state index contributed by atoms with van der Waals surface area (Å²) < 4.78 is 42.1. The molecule has 2 aliphatic heterocycles. The average Bonchev–Trinajstić information content (AvgIpc) is 3.63. The van der Waals surface area contributed by atoms with Gasteiger partial charge in [0.05, 0.1) is 31.3 Å². The Kier molecular flexibility index (Phi) is 10.7. The molecular weight excluding hydrogens is 748 g/mol. The van der Waals surface area contributed by atoms with Crippen molar-refractivity contribution in [3.8, 4) is 0 Å². The molecule has 0 amide bonds. The van der Waals surface area contributed by atoms with Crippen LogP contribution in [0.2, 0.25) is 0 Å². The first-order chi connectivity index (χ1) is 24.9. The lowest BCUT2D eigenvalue weighted by Gasteiger charge is -2.39. The summed E-state index contributed by atoms with van der Waals surface area (Å²) >= 11 is 0. The fraction of sp³-hybridized carbons (Fsp3) is 0.500. The number of aliphatic imine (C=N–C) groups is 1. The normalized spacial score (nSPS) is 26.8. The Morgan fingerprint density at radius 3 is 2.45 bits per heavy atom. The zero-order chi connectivity index (χ0) is 38.6. The molecule has 288 valence electrons. The summed E-state index contributed by atoms with van der Waals surface area (Å²) in [7, 11) is -10.0. The van der Waals surface area contributed by atoms with Gasteiger partial charge in [0.15, 0.2) is 29.3 Å². The van der Waals surface area contributed by atoms with Gasteiger partial charge in [0, 0.05) is 6.54 Å². The van der Waals surface area contributed by atoms with Crippen LogP contribution in [0, 0.1) is 0 Å². The maximum absolute atomic E-state index is 12.8. The predicted octanol–water partition coefficient (Wildman–Crippen LogP) is -2.28. The van der Waals surface area contributed by atoms with Crippen LogP contribution in [0.4, 0.5) is 17.3 Å². The lowest BCUT2D eigenvalue weighted by molar-refractivity contribution is -0.0705. The average molecular weight is 786 g/mol. The quantitative estimate of drug-likeness (QED) is 0.0816. The predicted molar refractivity (Wildman–Crippen MR) is 184 cm³/mol. The van der Waals surface area contributed by atoms with Gasteiger partial charge in [-0.2, -0.15) is 0 Å². The van der Waals surface area contributed by atoms with Gasteiger partial charge in [-0.25, -0.2) is 24.7 Å². The van der Waals surface area contributed by atoms with Gasteiger partial charge in [-0.1, -0.05) is 6.08 Å². The molecule has 25 heteroatoms. The molecule has 0 bridgehead atoms. The Bertz CT molecular complexity index is 2200. The number of ether oxygens (including phenoxy) is 1. The third-order valence-corrected chi connectivity index (χ3v) is 12.8. The van der Waals surface area contributed by atoms with E-state index in [-0.39, 0.29) is 28.5 Å². The number of aromatic nitrogens is 6. The number of fused-ring (bicyclic) bond motifs is 3. The number of nitrogens with zero attached hydrogens (tertiary/aromatic N) is 6. The van der Waals surface area contributed by atoms with Gasteiger partial charge in [-0.3, -0.25) is 28.5 Å². The van der Waals surface area contributed by atoms with E-state index in [1.807, 2.05) is 13.8 Å². The van der Waals surface area contributed by atoms with Crippen molar-refractivity contribution in [3.63, 3.8) is 0 Å². The molecule has 0 spiro atoms. The number of anilines is 2. The Balaban J connectivity index is 1.04. The lowest BCUT2D eigenvalue weighted by Crippen LogP contribution is -2.52. The van der Waals surface area contributed by atoms with Gasteiger partial charge < -0.3 is 59.7 Å². The molecule has 1 aliphatic carbocycles. The second-order valence-electron chi connectivity index (χ2n) is 12.7. The van der Waals surface area contributed by atoms with Crippen LogP contribution < -0.4 is 21.9 Å². The first-order valence-corrected chi connectivity index (χ1v) is 19.4. The number of nitrogens with one attached hydrogen (secondary N) is 2. The molecule has 23 nitrogen and oxygen atoms in total. The highest BCUT2D eigenvalue weighted by Crippen LogP contribution is 2.58. The van der Waals surface area contributed by atoms with Gasteiger partial charge in [-0.15, -0.1) is 0 Å². The smallest absolute Gasteiger partial charge is 0.340 e. The molecule has 8 unspecified atom stereocenters. The Morgan fingerprint density at radius 2 is 1.72 bits per heavy atom. The number of nitrogens with two attached hydrogens (primary N) is 1. The van der Waals surface area contributed by atoms with Crippen LogP contribution >= 0.6 is 15.2 Å². The Hall–Kier alpha value is -3.96. The van der Waals surface area contributed by atoms with E-state index in [1.54, 1.807) is 12.2 Å². The molecule has 6 rings (SSSR count). The fourth-order valence-corrected chi connectivity index (χ4v) is 9.21. The maximum Gasteiger partial charge on any atom is 0.340 e. The monoisotopic (exact) mass is 785 g/mol. The van der Waals surface area contributed by atoms with Crippen molar-refractivity contribution in [2.24, 2.45) is 4.99 Å². The fourth-order valence-electron chi connectivity index (χ4n) is 5.98. The molecule has 53 heavy (non-hydrogen) atoms. The molecule has 10 atom stereocenters. The summed E-state index contributed by atoms with van der Waals surface area (Å²) in [5.74, 6) is -1.50. The number of aromatic amines is 2. The molecule has 3 aliphatic rings. The number of hydrogen-bond acceptors (Lipinski definition) is 18. The molecule has 0 radical (unpaired) electrons. The summed E-state index contributed by atoms with van der Waals surface area (Å²) in [5, 5.41) is 53.3. The topological polar surface area (TPSA) is 354 Å². The van der Waals surface area contributed by atoms with Crippen LogP contribution in [0.5, 0.6) is 0 Å². The van der Waals surface area contributed by atoms with Crippen molar-refractivity contribution in [2.45, 2.75) is 62.7 Å². The summed E-state index contributed by atoms with van der Waals surface area (Å²) in [6, 6.07) is -0.695. The number of imidazole rings is 1. The number of aliphatic hydroxyl groups is 5. The largest absolute Gasteiger partial charge is 0.388 e. The third kappa shape index (κ3) is 7.97. The van der Waals surface area contributed by atoms with Crippen molar-refractivity contribution < 1.29 is 58.2 Å². The minimum atomic E-state index is -5.03. The first kappa shape index (κ1) is 38.8. The zero-order valence-corrected chi connectivity index (χ0v) is 29.7. The number of H-pyrrole nitrogens is 2. The van der Waals surface area contributed by atoms with Crippen LogP contribution in [0.1, 0.15) is 20.1 Å². The van der Waals surface area contributed by atoms with Gasteiger partial charge in [0.2, 0.25) is 0 Å². The molecule has 1 saturated heterocycles. The Labute approximate surface area is 297 Å². The molecular formula is C28H37N9O14P2. The van der Waals surface area contributed by atoms with Gasteiger partial charge in [-0.05, 0) is 31.1 Å². The molecule has 3 aromatic heterocycles. The minimum absolute atomic E-state index is 0.0478. The third-order valence-electron chi connectivity index (χ3n) is 8.88. The van der Waals surface area contributed by atoms with Crippen LogP contribution in [-0.2, 0) is 22.9 Å². The summed E-state index contributed by atoms with van der Waals surface area (Å²) in [5.41, 5.74) is 6.40. The highest BCUT2D eigenvalue weighted by atomic mass is 31.2. The number of aliphatic hydroxyl groups excluding tert-OH is 5. The zero-order valence-electron chi connectivity index (χ0n) is 27.9. The molecule has 3 aromatic rings. The lowest BCUT2D eigenvalue weighted by atomic mass is 9.92. The SMILES string of the molecule is CC1=CC2=Nc3c([nH]c(=O)[nH]c3=O)N(CC(O)C(O)C(O)COP(=O)(O)CP(=O)(O)OC[C@H]3O[C@@H](n4cnc5c(N)ncnc54)C(O)C3O)C2C=C1C. The molecule has 1 fully saturated rings. The number of allylic oxidation sites excluding steroid dienone is 2. The molecule has 0 aromatic carbocycles. The molecule has 5 heterocycles. The van der Waals surface area contributed by atoms with Crippen LogP contribution in [0.15, 0.2) is 50.5 Å². The van der Waals surface area contributed by atoms with Crippen LogP contribution in [0.3, 0.4) is 0 Å². The molecule has 11 N–H and O–H groups in total. The molecule has 0 saturated carbocycles. The standard InChI is InChI=1S/C28H37N9O14P2/c1-11-3-13-14(4-12(11)2)36(25-19(33-13)26(43)35-28(44)34-25)5-15(38)20(40)16(39)6-49-52(45,46)10-53(47,48)50-7-17-21(41)22(42)27(51-17)37-9-32-18-23(29)30-8-31-24(18)37/h3-4,8-9,14-17,20-22,27,38-42H,5-7,10H2,1-2H3,(H,45,46)(H,47,48)(H2,29,30,31)(H2,34,35,43,44)/t14?,15?,16?,17-,20?,21?,22?,27-/m1/s1. The van der Waals surface area contributed by atoms with Crippen LogP contribution in [-0.4, -0.2) is 139 Å². The van der Waals surface area contributed by atoms with E-state index in [4.69, 9.17) is 19.5 Å². The number of hydrogen-bond donors (Lipinski definition) is 10. The maximum atomic E-state index is 12.8. The number of rotatable bonds is 13. The van der Waals surface area contributed by atoms with Crippen molar-refractivity contribution in [1.29, 1.82) is 0 Å². The highest BCUT2D eigenvalue weighted by molar-refractivity contribution is 7.70. The van der Waals surface area contributed by atoms with Gasteiger partial charge in [0.1, 0.15) is 54.3 Å². The highest BCUT2D eigenvalue weighted by Gasteiger charge is 2.46. The summed E-state index contributed by atoms with van der Waals surface area (Å²) in [6.07, 6.45) is -5.91. The second kappa shape index (κ2) is 14.7. The van der Waals surface area contributed by atoms with E-state index >= 15 is 0 Å². The van der Waals surface area contributed by atoms with E-state index in [1.165, 1.54) is 15.8 Å². The Morgan fingerprint density at radius 1 is 1.00 bits per heavy atom. The van der Waals surface area contributed by atoms with E-state index in [2.05, 4.69) is 29.9 Å². The summed E-state index contributed by atoms with van der Waals surface area (Å²) in [6.45, 7) is 1.24. The minimum Gasteiger partial charge on any atom is -0.388 e. The van der Waals surface area contributed by atoms with Crippen molar-refractivity contribution in [2.75, 3.05) is 36.3 Å². The first-order valence-electron chi connectivity index (χ1n) is 15.9. The van der Waals surface area contributed by atoms with Crippen molar-refractivity contribution >= 4 is 49.4 Å².